The number of aliphatic hydroxyl groups excluding tert-OH is 1. The highest BCUT2D eigenvalue weighted by molar-refractivity contribution is 5.76. The number of carbonyl (C=O) groups is 1. The first-order valence-electron chi connectivity index (χ1n) is 7.96. The number of nitrogens with zero attached hydrogens (tertiary/aromatic N) is 1. The second-order valence-corrected chi connectivity index (χ2v) is 5.96. The second kappa shape index (κ2) is 7.85. The van der Waals surface area contributed by atoms with Crippen molar-refractivity contribution in [3.05, 3.63) is 0 Å². The molecule has 0 aromatic heterocycles. The molecule has 4 heteroatoms. The Labute approximate surface area is 116 Å². The maximum atomic E-state index is 12.0. The third-order valence-electron chi connectivity index (χ3n) is 4.43. The number of rotatable bonds is 4. The fourth-order valence-electron chi connectivity index (χ4n) is 3.19. The minimum atomic E-state index is -0.229. The van der Waals surface area contributed by atoms with Crippen molar-refractivity contribution in [2.45, 2.75) is 69.9 Å². The Balaban J connectivity index is 1.65. The minimum Gasteiger partial charge on any atom is -0.392 e. The molecule has 1 saturated heterocycles. The second-order valence-electron chi connectivity index (χ2n) is 5.96. The molecule has 0 spiro atoms. The predicted molar refractivity (Wildman–Crippen MR) is 75.9 cm³/mol. The van der Waals surface area contributed by atoms with E-state index in [-0.39, 0.29) is 18.1 Å². The molecule has 2 atom stereocenters. The van der Waals surface area contributed by atoms with Gasteiger partial charge in [0, 0.05) is 32.1 Å². The number of aliphatic hydroxyl groups is 1. The molecule has 110 valence electrons. The maximum absolute atomic E-state index is 12.0. The van der Waals surface area contributed by atoms with Crippen LogP contribution >= 0.6 is 0 Å². The summed E-state index contributed by atoms with van der Waals surface area (Å²) in [4.78, 5) is 14.0. The van der Waals surface area contributed by atoms with Gasteiger partial charge in [-0.2, -0.15) is 0 Å². The van der Waals surface area contributed by atoms with Gasteiger partial charge < -0.3 is 15.3 Å². The zero-order chi connectivity index (χ0) is 13.5. The highest BCUT2D eigenvalue weighted by Gasteiger charge is 2.22. The Morgan fingerprint density at radius 3 is 2.53 bits per heavy atom. The largest absolute Gasteiger partial charge is 0.392 e. The van der Waals surface area contributed by atoms with Crippen LogP contribution in [-0.4, -0.2) is 47.7 Å². The van der Waals surface area contributed by atoms with Crippen molar-refractivity contribution in [3.63, 3.8) is 0 Å². The number of carbonyl (C=O) groups excluding carboxylic acids is 1. The molecule has 2 aliphatic rings. The molecular weight excluding hydrogens is 240 g/mol. The maximum Gasteiger partial charge on any atom is 0.223 e. The number of amides is 1. The molecule has 0 aromatic carbocycles. The Morgan fingerprint density at radius 2 is 1.74 bits per heavy atom. The predicted octanol–water partition coefficient (Wildman–Crippen LogP) is 1.67. The lowest BCUT2D eigenvalue weighted by molar-refractivity contribution is -0.132. The normalized spacial score (nSPS) is 29.0. The minimum absolute atomic E-state index is 0.191. The fourth-order valence-corrected chi connectivity index (χ4v) is 3.19. The summed E-state index contributed by atoms with van der Waals surface area (Å²) < 4.78 is 0. The Hall–Kier alpha value is -0.610. The molecule has 1 aliphatic carbocycles. The molecule has 2 rings (SSSR count). The zero-order valence-electron chi connectivity index (χ0n) is 11.9. The van der Waals surface area contributed by atoms with E-state index in [1.165, 1.54) is 19.3 Å². The van der Waals surface area contributed by atoms with E-state index < -0.39 is 0 Å². The average Bonchev–Trinajstić information content (AvgIpc) is 2.65. The molecule has 0 radical (unpaired) electrons. The number of hydrogen-bond acceptors (Lipinski definition) is 3. The summed E-state index contributed by atoms with van der Waals surface area (Å²) in [5.74, 6) is 0.273. The van der Waals surface area contributed by atoms with E-state index >= 15 is 0 Å². The molecule has 19 heavy (non-hydrogen) atoms. The van der Waals surface area contributed by atoms with Crippen LogP contribution in [0.5, 0.6) is 0 Å². The lowest BCUT2D eigenvalue weighted by Gasteiger charge is -2.27. The van der Waals surface area contributed by atoms with Gasteiger partial charge in [0.05, 0.1) is 6.10 Å². The average molecular weight is 268 g/mol. The van der Waals surface area contributed by atoms with Gasteiger partial charge in [-0.1, -0.05) is 19.3 Å². The van der Waals surface area contributed by atoms with Crippen molar-refractivity contribution >= 4 is 5.91 Å². The van der Waals surface area contributed by atoms with E-state index in [4.69, 9.17) is 0 Å². The molecule has 0 bridgehead atoms. The van der Waals surface area contributed by atoms with Crippen LogP contribution in [0.4, 0.5) is 0 Å². The van der Waals surface area contributed by atoms with Gasteiger partial charge >= 0.3 is 0 Å². The molecule has 1 saturated carbocycles. The van der Waals surface area contributed by atoms with Crippen molar-refractivity contribution in [2.24, 2.45) is 0 Å². The molecule has 1 aliphatic heterocycles. The number of likely N-dealkylation sites (tertiary alicyclic amines) is 1. The van der Waals surface area contributed by atoms with Crippen molar-refractivity contribution < 1.29 is 9.90 Å². The summed E-state index contributed by atoms with van der Waals surface area (Å²) in [5.41, 5.74) is 0. The molecule has 1 heterocycles. The van der Waals surface area contributed by atoms with E-state index in [2.05, 4.69) is 5.32 Å². The smallest absolute Gasteiger partial charge is 0.223 e. The Bertz CT molecular complexity index is 277. The van der Waals surface area contributed by atoms with Gasteiger partial charge in [-0.25, -0.2) is 0 Å². The first-order valence-corrected chi connectivity index (χ1v) is 7.96. The van der Waals surface area contributed by atoms with Gasteiger partial charge in [0.2, 0.25) is 5.91 Å². The highest BCUT2D eigenvalue weighted by Crippen LogP contribution is 2.18. The molecule has 2 unspecified atom stereocenters. The van der Waals surface area contributed by atoms with Gasteiger partial charge in [-0.3, -0.25) is 4.79 Å². The van der Waals surface area contributed by atoms with Crippen LogP contribution in [0.1, 0.15) is 57.8 Å². The van der Waals surface area contributed by atoms with Gasteiger partial charge in [-0.15, -0.1) is 0 Å². The lowest BCUT2D eigenvalue weighted by atomic mass is 10.1. The van der Waals surface area contributed by atoms with Crippen LogP contribution in [-0.2, 0) is 4.79 Å². The molecule has 4 nitrogen and oxygen atoms in total. The summed E-state index contributed by atoms with van der Waals surface area (Å²) in [6.45, 7) is 2.58. The summed E-state index contributed by atoms with van der Waals surface area (Å²) in [6, 6.07) is 0.191. The van der Waals surface area contributed by atoms with E-state index in [0.29, 0.717) is 13.0 Å². The molecule has 0 aromatic rings. The van der Waals surface area contributed by atoms with Crippen LogP contribution in [0.15, 0.2) is 0 Å². The van der Waals surface area contributed by atoms with Gasteiger partial charge in [0.25, 0.3) is 0 Å². The number of piperidine rings is 1. The van der Waals surface area contributed by atoms with Crippen molar-refractivity contribution in [1.29, 1.82) is 0 Å². The lowest BCUT2D eigenvalue weighted by Crippen LogP contribution is -2.42. The van der Waals surface area contributed by atoms with Crippen LogP contribution in [0, 0.1) is 0 Å². The Morgan fingerprint density at radius 1 is 1.05 bits per heavy atom. The highest BCUT2D eigenvalue weighted by atomic mass is 16.3. The van der Waals surface area contributed by atoms with Crippen LogP contribution < -0.4 is 5.32 Å². The third-order valence-corrected chi connectivity index (χ3v) is 4.43. The Kier molecular flexibility index (Phi) is 6.11. The van der Waals surface area contributed by atoms with Crippen LogP contribution in [0.2, 0.25) is 0 Å². The zero-order valence-corrected chi connectivity index (χ0v) is 11.9. The van der Waals surface area contributed by atoms with Crippen LogP contribution in [0.25, 0.3) is 0 Å². The monoisotopic (exact) mass is 268 g/mol. The fraction of sp³-hybridized carbons (Fsp3) is 0.933. The summed E-state index contributed by atoms with van der Waals surface area (Å²) in [7, 11) is 0. The summed E-state index contributed by atoms with van der Waals surface area (Å²) >= 11 is 0. The third kappa shape index (κ3) is 4.77. The van der Waals surface area contributed by atoms with Crippen molar-refractivity contribution in [1.82, 2.24) is 10.2 Å². The molecule has 2 N–H and O–H groups in total. The topological polar surface area (TPSA) is 52.6 Å². The molecule has 2 fully saturated rings. The van der Waals surface area contributed by atoms with E-state index in [9.17, 15) is 9.90 Å². The molecule has 1 amide bonds. The van der Waals surface area contributed by atoms with E-state index in [1.54, 1.807) is 0 Å². The van der Waals surface area contributed by atoms with Gasteiger partial charge in [-0.05, 0) is 32.1 Å². The van der Waals surface area contributed by atoms with Crippen LogP contribution in [0.3, 0.4) is 0 Å². The standard InChI is InChI=1S/C15H28N2O2/c18-14-8-4-1-3-7-13(14)16-10-9-15(19)17-11-5-2-6-12-17/h13-14,16,18H,1-12H2. The first kappa shape index (κ1) is 14.8. The number of nitrogens with one attached hydrogen (secondary N) is 1. The van der Waals surface area contributed by atoms with Gasteiger partial charge in [0.15, 0.2) is 0 Å². The molecular formula is C15H28N2O2. The summed E-state index contributed by atoms with van der Waals surface area (Å²) in [6.07, 6.45) is 9.40. The number of hydrogen-bond donors (Lipinski definition) is 2. The van der Waals surface area contributed by atoms with Crippen molar-refractivity contribution in [3.8, 4) is 0 Å². The van der Waals surface area contributed by atoms with E-state index in [1.807, 2.05) is 4.90 Å². The summed E-state index contributed by atoms with van der Waals surface area (Å²) in [5, 5.41) is 13.4. The van der Waals surface area contributed by atoms with Gasteiger partial charge in [0.1, 0.15) is 0 Å². The quantitative estimate of drug-likeness (QED) is 0.763. The first-order chi connectivity index (χ1) is 9.27. The van der Waals surface area contributed by atoms with Crippen molar-refractivity contribution in [2.75, 3.05) is 19.6 Å². The SMILES string of the molecule is O=C(CCNC1CCCCCC1O)N1CCCCC1. The van der Waals surface area contributed by atoms with E-state index in [0.717, 1.165) is 45.2 Å².